The molecule has 13 heavy (non-hydrogen) atoms. The van der Waals surface area contributed by atoms with E-state index in [1.807, 2.05) is 5.43 Å². The summed E-state index contributed by atoms with van der Waals surface area (Å²) < 4.78 is 0. The highest BCUT2D eigenvalue weighted by atomic mass is 32.2. The van der Waals surface area contributed by atoms with Gasteiger partial charge in [0.05, 0.1) is 17.6 Å². The number of thioether (sulfide) groups is 1. The fraction of sp³-hybridized carbons (Fsp3) is 0.143. The number of nitrogens with one attached hydrogen (secondary N) is 1. The fourth-order valence-electron chi connectivity index (χ4n) is 0.710. The Kier molecular flexibility index (Phi) is 3.53. The summed E-state index contributed by atoms with van der Waals surface area (Å²) in [6, 6.07) is 1.75. The minimum atomic E-state index is -0.235. The van der Waals surface area contributed by atoms with E-state index in [1.54, 1.807) is 18.5 Å². The third-order valence-corrected chi connectivity index (χ3v) is 2.42. The predicted molar refractivity (Wildman–Crippen MR) is 51.7 cm³/mol. The van der Waals surface area contributed by atoms with Gasteiger partial charge in [0, 0.05) is 11.1 Å². The lowest BCUT2D eigenvalue weighted by atomic mass is 10.4. The Labute approximate surface area is 79.9 Å². The quantitative estimate of drug-likeness (QED) is 0.269. The molecule has 6 heteroatoms. The van der Waals surface area contributed by atoms with E-state index in [4.69, 9.17) is 11.6 Å². The topological polar surface area (TPSA) is 94.0 Å². The first-order chi connectivity index (χ1) is 6.24. The Bertz CT molecular complexity index is 304. The number of hydrogen-bond acceptors (Lipinski definition) is 5. The number of carbonyl (C=O) groups excluding carboxylic acids is 1. The van der Waals surface area contributed by atoms with Gasteiger partial charge in [-0.05, 0) is 6.07 Å². The molecule has 0 unspecified atom stereocenters. The van der Waals surface area contributed by atoms with Crippen molar-refractivity contribution in [3.8, 4) is 0 Å². The Morgan fingerprint density at radius 2 is 2.46 bits per heavy atom. The summed E-state index contributed by atoms with van der Waals surface area (Å²) >= 11 is 1.32. The zero-order valence-electron chi connectivity index (χ0n) is 6.86. The molecule has 1 rings (SSSR count). The van der Waals surface area contributed by atoms with Gasteiger partial charge >= 0.3 is 0 Å². The van der Waals surface area contributed by atoms with Crippen LogP contribution in [-0.2, 0) is 4.79 Å². The van der Waals surface area contributed by atoms with Gasteiger partial charge in [-0.1, -0.05) is 0 Å². The summed E-state index contributed by atoms with van der Waals surface area (Å²) in [4.78, 5) is 15.4. The smallest absolute Gasteiger partial charge is 0.244 e. The van der Waals surface area contributed by atoms with E-state index in [0.29, 0.717) is 5.69 Å². The van der Waals surface area contributed by atoms with E-state index in [9.17, 15) is 4.79 Å². The SMILES string of the molecule is NNC(=O)CSc1ccncc1N. The molecule has 70 valence electrons. The first-order valence-electron chi connectivity index (χ1n) is 3.55. The minimum absolute atomic E-state index is 0.235. The molecule has 0 aliphatic heterocycles. The van der Waals surface area contributed by atoms with Crippen LogP contribution in [0, 0.1) is 0 Å². The van der Waals surface area contributed by atoms with Crippen LogP contribution >= 0.6 is 11.8 Å². The summed E-state index contributed by atoms with van der Waals surface area (Å²) in [6.45, 7) is 0. The van der Waals surface area contributed by atoms with Gasteiger partial charge in [-0.15, -0.1) is 11.8 Å². The summed E-state index contributed by atoms with van der Waals surface area (Å²) in [5.74, 6) is 4.94. The van der Waals surface area contributed by atoms with Crippen molar-refractivity contribution < 1.29 is 4.79 Å². The second kappa shape index (κ2) is 4.68. The predicted octanol–water partition coefficient (Wildman–Crippen LogP) is -0.254. The molecular formula is C7H10N4OS. The molecule has 1 amide bonds. The van der Waals surface area contributed by atoms with Crippen LogP contribution in [0.3, 0.4) is 0 Å². The highest BCUT2D eigenvalue weighted by Crippen LogP contribution is 2.22. The van der Waals surface area contributed by atoms with Crippen LogP contribution in [0.25, 0.3) is 0 Å². The lowest BCUT2D eigenvalue weighted by Gasteiger charge is -2.02. The Hall–Kier alpha value is -1.27. The Morgan fingerprint density at radius 3 is 3.08 bits per heavy atom. The maximum atomic E-state index is 10.8. The monoisotopic (exact) mass is 198 g/mol. The van der Waals surface area contributed by atoms with Crippen LogP contribution in [-0.4, -0.2) is 16.6 Å². The van der Waals surface area contributed by atoms with Crippen molar-refractivity contribution in [2.75, 3.05) is 11.5 Å². The van der Waals surface area contributed by atoms with Crippen molar-refractivity contribution in [3.63, 3.8) is 0 Å². The number of nitrogen functional groups attached to an aromatic ring is 1. The van der Waals surface area contributed by atoms with Gasteiger partial charge in [0.15, 0.2) is 0 Å². The van der Waals surface area contributed by atoms with E-state index in [2.05, 4.69) is 4.98 Å². The summed E-state index contributed by atoms with van der Waals surface area (Å²) in [6.07, 6.45) is 3.17. The minimum Gasteiger partial charge on any atom is -0.397 e. The highest BCUT2D eigenvalue weighted by molar-refractivity contribution is 8.00. The van der Waals surface area contributed by atoms with Gasteiger partial charge < -0.3 is 5.73 Å². The average molecular weight is 198 g/mol. The first-order valence-corrected chi connectivity index (χ1v) is 4.54. The molecule has 1 aromatic rings. The van der Waals surface area contributed by atoms with Crippen molar-refractivity contribution in [3.05, 3.63) is 18.5 Å². The van der Waals surface area contributed by atoms with Gasteiger partial charge in [0.1, 0.15) is 0 Å². The number of anilines is 1. The Morgan fingerprint density at radius 1 is 1.69 bits per heavy atom. The van der Waals surface area contributed by atoms with Crippen molar-refractivity contribution in [2.45, 2.75) is 4.90 Å². The number of carbonyl (C=O) groups is 1. The molecule has 1 heterocycles. The van der Waals surface area contributed by atoms with Crippen LogP contribution in [0.1, 0.15) is 0 Å². The molecule has 0 atom stereocenters. The number of nitrogens with zero attached hydrogens (tertiary/aromatic N) is 1. The highest BCUT2D eigenvalue weighted by Gasteiger charge is 2.02. The van der Waals surface area contributed by atoms with Gasteiger partial charge in [0.25, 0.3) is 0 Å². The van der Waals surface area contributed by atoms with E-state index in [-0.39, 0.29) is 11.7 Å². The summed E-state index contributed by atoms with van der Waals surface area (Å²) in [7, 11) is 0. The van der Waals surface area contributed by atoms with Crippen LogP contribution in [0.15, 0.2) is 23.4 Å². The number of aromatic nitrogens is 1. The molecule has 5 N–H and O–H groups in total. The molecule has 0 spiro atoms. The largest absolute Gasteiger partial charge is 0.397 e. The molecule has 0 radical (unpaired) electrons. The first kappa shape index (κ1) is 9.82. The van der Waals surface area contributed by atoms with Crippen molar-refractivity contribution in [1.82, 2.24) is 10.4 Å². The number of pyridine rings is 1. The van der Waals surface area contributed by atoms with E-state index in [1.165, 1.54) is 11.8 Å². The maximum absolute atomic E-state index is 10.8. The number of hydrogen-bond donors (Lipinski definition) is 3. The molecular weight excluding hydrogens is 188 g/mol. The van der Waals surface area contributed by atoms with Crippen molar-refractivity contribution >= 4 is 23.4 Å². The number of nitrogens with two attached hydrogens (primary N) is 2. The van der Waals surface area contributed by atoms with Gasteiger partial charge in [0.2, 0.25) is 5.91 Å². The second-order valence-electron chi connectivity index (χ2n) is 2.27. The van der Waals surface area contributed by atoms with Crippen molar-refractivity contribution in [1.29, 1.82) is 0 Å². The molecule has 0 bridgehead atoms. The third-order valence-electron chi connectivity index (χ3n) is 1.33. The van der Waals surface area contributed by atoms with Crippen molar-refractivity contribution in [2.24, 2.45) is 5.84 Å². The second-order valence-corrected chi connectivity index (χ2v) is 3.29. The van der Waals surface area contributed by atoms with E-state index < -0.39 is 0 Å². The van der Waals surface area contributed by atoms with Crippen LogP contribution in [0.5, 0.6) is 0 Å². The molecule has 0 fully saturated rings. The molecule has 0 aliphatic rings. The number of rotatable bonds is 3. The number of amides is 1. The van der Waals surface area contributed by atoms with E-state index >= 15 is 0 Å². The normalized spacial score (nSPS) is 9.62. The average Bonchev–Trinajstić information content (AvgIpc) is 2.16. The van der Waals surface area contributed by atoms with Gasteiger partial charge in [-0.25, -0.2) is 5.84 Å². The van der Waals surface area contributed by atoms with Gasteiger partial charge in [-0.2, -0.15) is 0 Å². The molecule has 0 saturated heterocycles. The van der Waals surface area contributed by atoms with Crippen LogP contribution in [0.4, 0.5) is 5.69 Å². The molecule has 5 nitrogen and oxygen atoms in total. The standard InChI is InChI=1S/C7H10N4OS/c8-5-3-10-2-1-6(5)13-4-7(12)11-9/h1-3H,4,8-9H2,(H,11,12). The Balaban J connectivity index is 2.54. The third kappa shape index (κ3) is 2.92. The van der Waals surface area contributed by atoms with Crippen LogP contribution < -0.4 is 17.0 Å². The molecule has 0 saturated carbocycles. The lowest BCUT2D eigenvalue weighted by molar-refractivity contribution is -0.118. The zero-order valence-corrected chi connectivity index (χ0v) is 7.67. The van der Waals surface area contributed by atoms with Gasteiger partial charge in [-0.3, -0.25) is 15.2 Å². The summed E-state index contributed by atoms with van der Waals surface area (Å²) in [5.41, 5.74) is 8.21. The molecule has 0 aliphatic carbocycles. The zero-order chi connectivity index (χ0) is 9.68. The summed E-state index contributed by atoms with van der Waals surface area (Å²) in [5, 5.41) is 0. The lowest BCUT2D eigenvalue weighted by Crippen LogP contribution is -2.31. The molecule has 0 aromatic carbocycles. The van der Waals surface area contributed by atoms with Crippen LogP contribution in [0.2, 0.25) is 0 Å². The number of hydrazine groups is 1. The van der Waals surface area contributed by atoms with E-state index in [0.717, 1.165) is 4.90 Å². The fourth-order valence-corrected chi connectivity index (χ4v) is 1.46. The maximum Gasteiger partial charge on any atom is 0.244 e. The molecule has 1 aromatic heterocycles.